The van der Waals surface area contributed by atoms with Gasteiger partial charge in [0.1, 0.15) is 5.76 Å². The van der Waals surface area contributed by atoms with Gasteiger partial charge in [-0.1, -0.05) is 36.4 Å². The quantitative estimate of drug-likeness (QED) is 0.726. The van der Waals surface area contributed by atoms with Crippen molar-refractivity contribution < 1.29 is 9.21 Å². The van der Waals surface area contributed by atoms with Gasteiger partial charge in [-0.2, -0.15) is 0 Å². The molecule has 21 heavy (non-hydrogen) atoms. The van der Waals surface area contributed by atoms with Crippen molar-refractivity contribution in [1.29, 1.82) is 0 Å². The van der Waals surface area contributed by atoms with Crippen LogP contribution in [0.25, 0.3) is 21.6 Å². The average molecular weight is 297 g/mol. The fraction of sp³-hybridized carbons (Fsp3) is 0.118. The first-order valence-electron chi connectivity index (χ1n) is 6.68. The summed E-state index contributed by atoms with van der Waals surface area (Å²) in [5, 5.41) is 2.81. The molecule has 0 spiro atoms. The number of fused-ring (bicyclic) bond motifs is 1. The normalized spacial score (nSPS) is 10.7. The Morgan fingerprint density at radius 2 is 2.14 bits per heavy atom. The Morgan fingerprint density at radius 1 is 1.38 bits per heavy atom. The lowest BCUT2D eigenvalue weighted by molar-refractivity contribution is 0.0958. The standard InChI is InChI=1S/C17H15NO2S/c1-3-9-18-17(19)15-11(2)21-14-10-13(20-16(14)15)12-7-5-4-6-8-12/h3-8,10H,1,9H2,2H3,(H,18,19). The van der Waals surface area contributed by atoms with E-state index in [1.54, 1.807) is 17.4 Å². The highest BCUT2D eigenvalue weighted by atomic mass is 32.1. The summed E-state index contributed by atoms with van der Waals surface area (Å²) in [6, 6.07) is 11.9. The molecular weight excluding hydrogens is 282 g/mol. The Bertz CT molecular complexity index is 799. The summed E-state index contributed by atoms with van der Waals surface area (Å²) in [6.45, 7) is 5.99. The third-order valence-electron chi connectivity index (χ3n) is 3.23. The lowest BCUT2D eigenvalue weighted by Crippen LogP contribution is -2.23. The molecule has 3 rings (SSSR count). The third-order valence-corrected chi connectivity index (χ3v) is 4.27. The molecule has 2 aromatic heterocycles. The van der Waals surface area contributed by atoms with Crippen LogP contribution in [0.3, 0.4) is 0 Å². The molecule has 0 radical (unpaired) electrons. The van der Waals surface area contributed by atoms with Crippen molar-refractivity contribution in [1.82, 2.24) is 5.32 Å². The zero-order chi connectivity index (χ0) is 14.8. The van der Waals surface area contributed by atoms with E-state index in [0.29, 0.717) is 17.7 Å². The van der Waals surface area contributed by atoms with Gasteiger partial charge in [-0.25, -0.2) is 0 Å². The largest absolute Gasteiger partial charge is 0.454 e. The van der Waals surface area contributed by atoms with Crippen molar-refractivity contribution in [2.24, 2.45) is 0 Å². The Hall–Kier alpha value is -2.33. The van der Waals surface area contributed by atoms with Crippen LogP contribution in [0.2, 0.25) is 0 Å². The van der Waals surface area contributed by atoms with Gasteiger partial charge in [-0.3, -0.25) is 4.79 Å². The van der Waals surface area contributed by atoms with E-state index < -0.39 is 0 Å². The Balaban J connectivity index is 2.05. The Labute approximate surface area is 126 Å². The second kappa shape index (κ2) is 5.58. The van der Waals surface area contributed by atoms with E-state index in [-0.39, 0.29) is 5.91 Å². The molecule has 1 amide bonds. The number of benzene rings is 1. The third kappa shape index (κ3) is 2.50. The van der Waals surface area contributed by atoms with Crippen molar-refractivity contribution in [3.8, 4) is 11.3 Å². The summed E-state index contributed by atoms with van der Waals surface area (Å²) in [5.74, 6) is 0.669. The van der Waals surface area contributed by atoms with E-state index in [4.69, 9.17) is 4.42 Å². The summed E-state index contributed by atoms with van der Waals surface area (Å²) >= 11 is 1.58. The molecule has 1 aromatic carbocycles. The fourth-order valence-corrected chi connectivity index (χ4v) is 3.28. The first-order valence-corrected chi connectivity index (χ1v) is 7.50. The highest BCUT2D eigenvalue weighted by Gasteiger charge is 2.20. The Kier molecular flexibility index (Phi) is 3.62. The Morgan fingerprint density at radius 3 is 2.86 bits per heavy atom. The van der Waals surface area contributed by atoms with Crippen LogP contribution in [0.4, 0.5) is 0 Å². The second-order valence-corrected chi connectivity index (χ2v) is 5.96. The number of hydrogen-bond donors (Lipinski definition) is 1. The van der Waals surface area contributed by atoms with Crippen LogP contribution in [-0.2, 0) is 0 Å². The van der Waals surface area contributed by atoms with E-state index in [9.17, 15) is 4.79 Å². The minimum atomic E-state index is -0.118. The maximum Gasteiger partial charge on any atom is 0.256 e. The fourth-order valence-electron chi connectivity index (χ4n) is 2.26. The van der Waals surface area contributed by atoms with Crippen LogP contribution in [0.1, 0.15) is 15.2 Å². The predicted octanol–water partition coefficient (Wildman–Crippen LogP) is 4.39. The van der Waals surface area contributed by atoms with Gasteiger partial charge in [-0.15, -0.1) is 17.9 Å². The number of nitrogens with one attached hydrogen (secondary N) is 1. The zero-order valence-electron chi connectivity index (χ0n) is 11.7. The molecule has 0 aliphatic rings. The topological polar surface area (TPSA) is 42.2 Å². The molecule has 0 saturated heterocycles. The van der Waals surface area contributed by atoms with Crippen LogP contribution in [0, 0.1) is 6.92 Å². The molecule has 106 valence electrons. The van der Waals surface area contributed by atoms with E-state index in [2.05, 4.69) is 11.9 Å². The van der Waals surface area contributed by atoms with Gasteiger partial charge in [0.05, 0.1) is 10.3 Å². The minimum absolute atomic E-state index is 0.118. The van der Waals surface area contributed by atoms with E-state index in [1.165, 1.54) is 0 Å². The predicted molar refractivity (Wildman–Crippen MR) is 86.8 cm³/mol. The summed E-state index contributed by atoms with van der Waals surface area (Å²) in [5.41, 5.74) is 2.30. The second-order valence-electron chi connectivity index (χ2n) is 4.70. The van der Waals surface area contributed by atoms with Crippen LogP contribution in [0.5, 0.6) is 0 Å². The van der Waals surface area contributed by atoms with Crippen LogP contribution < -0.4 is 5.32 Å². The van der Waals surface area contributed by atoms with Crippen molar-refractivity contribution in [3.05, 3.63) is 59.5 Å². The molecule has 4 heteroatoms. The van der Waals surface area contributed by atoms with E-state index in [0.717, 1.165) is 20.9 Å². The molecule has 0 aliphatic carbocycles. The minimum Gasteiger partial charge on any atom is -0.454 e. The lowest BCUT2D eigenvalue weighted by atomic mass is 10.2. The molecule has 0 saturated carbocycles. The molecule has 0 aliphatic heterocycles. The van der Waals surface area contributed by atoms with Gasteiger partial charge in [0.2, 0.25) is 0 Å². The lowest BCUT2D eigenvalue weighted by Gasteiger charge is -2.01. The van der Waals surface area contributed by atoms with Gasteiger partial charge < -0.3 is 9.73 Å². The SMILES string of the molecule is C=CCNC(=O)c1c(C)sc2cc(-c3ccccc3)oc12. The average Bonchev–Trinajstić information content (AvgIpc) is 3.02. The molecular formula is C17H15NO2S. The van der Waals surface area contributed by atoms with Crippen molar-refractivity contribution in [2.75, 3.05) is 6.54 Å². The number of carbonyl (C=O) groups is 1. The molecule has 0 atom stereocenters. The number of aryl methyl sites for hydroxylation is 1. The highest BCUT2D eigenvalue weighted by molar-refractivity contribution is 7.19. The highest BCUT2D eigenvalue weighted by Crippen LogP contribution is 2.36. The molecule has 0 fully saturated rings. The molecule has 3 aromatic rings. The summed E-state index contributed by atoms with van der Waals surface area (Å²) in [6.07, 6.45) is 1.66. The molecule has 3 nitrogen and oxygen atoms in total. The number of carbonyl (C=O) groups excluding carboxylic acids is 1. The number of hydrogen-bond acceptors (Lipinski definition) is 3. The van der Waals surface area contributed by atoms with Crippen molar-refractivity contribution >= 4 is 27.5 Å². The van der Waals surface area contributed by atoms with Gasteiger partial charge in [-0.05, 0) is 6.92 Å². The number of amides is 1. The van der Waals surface area contributed by atoms with Gasteiger partial charge in [0.25, 0.3) is 5.91 Å². The zero-order valence-corrected chi connectivity index (χ0v) is 12.5. The van der Waals surface area contributed by atoms with Gasteiger partial charge in [0.15, 0.2) is 5.58 Å². The molecule has 2 heterocycles. The monoisotopic (exact) mass is 297 g/mol. The van der Waals surface area contributed by atoms with Crippen molar-refractivity contribution in [2.45, 2.75) is 6.92 Å². The maximum absolute atomic E-state index is 12.2. The molecule has 0 bridgehead atoms. The van der Waals surface area contributed by atoms with E-state index in [1.807, 2.05) is 43.3 Å². The number of thiophene rings is 1. The summed E-state index contributed by atoms with van der Waals surface area (Å²) < 4.78 is 6.93. The summed E-state index contributed by atoms with van der Waals surface area (Å²) in [7, 11) is 0. The smallest absolute Gasteiger partial charge is 0.256 e. The number of furan rings is 1. The first-order chi connectivity index (χ1) is 10.2. The summed E-state index contributed by atoms with van der Waals surface area (Å²) in [4.78, 5) is 13.2. The number of rotatable bonds is 4. The maximum atomic E-state index is 12.2. The van der Waals surface area contributed by atoms with Gasteiger partial charge >= 0.3 is 0 Å². The van der Waals surface area contributed by atoms with Gasteiger partial charge in [0, 0.05) is 23.1 Å². The molecule has 0 unspecified atom stereocenters. The first kappa shape index (κ1) is 13.6. The molecule has 1 N–H and O–H groups in total. The van der Waals surface area contributed by atoms with Crippen LogP contribution >= 0.6 is 11.3 Å². The van der Waals surface area contributed by atoms with Crippen LogP contribution in [-0.4, -0.2) is 12.5 Å². The van der Waals surface area contributed by atoms with Crippen LogP contribution in [0.15, 0.2) is 53.5 Å². The van der Waals surface area contributed by atoms with Crippen molar-refractivity contribution in [3.63, 3.8) is 0 Å². The van der Waals surface area contributed by atoms with E-state index >= 15 is 0 Å².